The largest absolute Gasteiger partial charge is 0.327 e. The fraction of sp³-hybridized carbons (Fsp3) is 0.300. The lowest BCUT2D eigenvalue weighted by Crippen LogP contribution is -2.25. The molecule has 0 fully saturated rings. The van der Waals surface area contributed by atoms with E-state index in [1.165, 1.54) is 6.33 Å². The zero-order valence-electron chi connectivity index (χ0n) is 9.12. The topological polar surface area (TPSA) is 71.9 Å². The summed E-state index contributed by atoms with van der Waals surface area (Å²) in [7, 11) is 0. The third kappa shape index (κ3) is 1.68. The molecule has 1 aliphatic rings. The van der Waals surface area contributed by atoms with Crippen LogP contribution in [0.2, 0.25) is 0 Å². The van der Waals surface area contributed by atoms with Crippen molar-refractivity contribution in [2.45, 2.75) is 20.0 Å². The van der Waals surface area contributed by atoms with E-state index in [2.05, 4.69) is 19.6 Å². The van der Waals surface area contributed by atoms with Gasteiger partial charge in [0.05, 0.1) is 17.9 Å². The van der Waals surface area contributed by atoms with E-state index in [0.717, 1.165) is 22.8 Å². The van der Waals surface area contributed by atoms with Crippen LogP contribution in [0.15, 0.2) is 12.5 Å². The molecule has 6 nitrogen and oxygen atoms in total. The number of fused-ring (bicyclic) bond motifs is 1. The normalized spacial score (nSPS) is 13.8. The second kappa shape index (κ2) is 3.85. The summed E-state index contributed by atoms with van der Waals surface area (Å²) in [4.78, 5) is 22.7. The summed E-state index contributed by atoms with van der Waals surface area (Å²) in [6.45, 7) is 2.89. The number of amides is 1. The second-order valence-electron chi connectivity index (χ2n) is 3.84. The number of nitrogens with zero attached hydrogens (tertiary/aromatic N) is 5. The van der Waals surface area contributed by atoms with E-state index in [1.54, 1.807) is 18.0 Å². The fourth-order valence-electron chi connectivity index (χ4n) is 1.82. The van der Waals surface area contributed by atoms with Crippen molar-refractivity contribution in [3.8, 4) is 0 Å². The lowest BCUT2D eigenvalue weighted by atomic mass is 10.3. The Morgan fingerprint density at radius 1 is 1.47 bits per heavy atom. The van der Waals surface area contributed by atoms with Crippen LogP contribution in [-0.2, 0) is 13.1 Å². The number of aryl methyl sites for hydroxylation is 1. The Labute approximate surface area is 101 Å². The van der Waals surface area contributed by atoms with Crippen LogP contribution in [0.1, 0.15) is 26.6 Å². The smallest absolute Gasteiger partial charge is 0.268 e. The first-order valence-electron chi connectivity index (χ1n) is 5.11. The highest BCUT2D eigenvalue weighted by atomic mass is 32.1. The molecule has 86 valence electrons. The van der Waals surface area contributed by atoms with Crippen LogP contribution >= 0.6 is 11.5 Å². The van der Waals surface area contributed by atoms with Crippen molar-refractivity contribution >= 4 is 17.4 Å². The summed E-state index contributed by atoms with van der Waals surface area (Å²) in [5, 5.41) is 3.85. The molecule has 0 bridgehead atoms. The molecule has 0 radical (unpaired) electrons. The maximum atomic E-state index is 12.2. The third-order valence-corrected chi connectivity index (χ3v) is 3.53. The van der Waals surface area contributed by atoms with Gasteiger partial charge in [-0.1, -0.05) is 4.49 Å². The van der Waals surface area contributed by atoms with Crippen LogP contribution in [0.3, 0.4) is 0 Å². The molecule has 3 rings (SSSR count). The minimum Gasteiger partial charge on any atom is -0.327 e. The molecule has 7 heteroatoms. The van der Waals surface area contributed by atoms with Gasteiger partial charge in [-0.15, -0.1) is 5.10 Å². The minimum absolute atomic E-state index is 0.0319. The standard InChI is InChI=1S/C10H9N5OS/c1-6-9(17-14-13-6)10(16)15-3-7-2-11-5-12-8(7)4-15/h2,5H,3-4H2,1H3. The molecule has 0 aliphatic carbocycles. The predicted octanol–water partition coefficient (Wildman–Crippen LogP) is 0.793. The van der Waals surface area contributed by atoms with Crippen molar-refractivity contribution in [1.82, 2.24) is 24.5 Å². The summed E-state index contributed by atoms with van der Waals surface area (Å²) < 4.78 is 3.78. The van der Waals surface area contributed by atoms with E-state index in [0.29, 0.717) is 23.7 Å². The number of aromatic nitrogens is 4. The summed E-state index contributed by atoms with van der Waals surface area (Å²) in [5.41, 5.74) is 2.61. The van der Waals surface area contributed by atoms with Crippen molar-refractivity contribution in [3.63, 3.8) is 0 Å². The van der Waals surface area contributed by atoms with Crippen LogP contribution in [0, 0.1) is 6.92 Å². The number of hydrogen-bond donors (Lipinski definition) is 0. The highest BCUT2D eigenvalue weighted by Crippen LogP contribution is 2.23. The molecule has 0 saturated heterocycles. The monoisotopic (exact) mass is 247 g/mol. The van der Waals surface area contributed by atoms with Crippen LogP contribution < -0.4 is 0 Å². The number of hydrogen-bond acceptors (Lipinski definition) is 6. The Kier molecular flexibility index (Phi) is 2.32. The van der Waals surface area contributed by atoms with E-state index >= 15 is 0 Å². The van der Waals surface area contributed by atoms with Crippen molar-refractivity contribution in [1.29, 1.82) is 0 Å². The number of carbonyl (C=O) groups excluding carboxylic acids is 1. The molecule has 3 heterocycles. The highest BCUT2D eigenvalue weighted by molar-refractivity contribution is 7.07. The quantitative estimate of drug-likeness (QED) is 0.745. The number of carbonyl (C=O) groups is 1. The first kappa shape index (κ1) is 10.3. The average molecular weight is 247 g/mol. The minimum atomic E-state index is -0.0319. The van der Waals surface area contributed by atoms with E-state index in [9.17, 15) is 4.79 Å². The Hall–Kier alpha value is -1.89. The van der Waals surface area contributed by atoms with E-state index in [-0.39, 0.29) is 5.91 Å². The van der Waals surface area contributed by atoms with E-state index < -0.39 is 0 Å². The van der Waals surface area contributed by atoms with Gasteiger partial charge in [0.25, 0.3) is 5.91 Å². The van der Waals surface area contributed by atoms with Gasteiger partial charge in [-0.2, -0.15) is 0 Å². The zero-order valence-corrected chi connectivity index (χ0v) is 9.94. The molecule has 2 aromatic rings. The molecule has 0 aromatic carbocycles. The van der Waals surface area contributed by atoms with Crippen LogP contribution in [0.25, 0.3) is 0 Å². The van der Waals surface area contributed by atoms with Crippen molar-refractivity contribution in [2.24, 2.45) is 0 Å². The Bertz CT molecular complexity index is 557. The molecule has 0 N–H and O–H groups in total. The molecular weight excluding hydrogens is 238 g/mol. The molecule has 0 saturated carbocycles. The van der Waals surface area contributed by atoms with Crippen molar-refractivity contribution in [2.75, 3.05) is 0 Å². The molecule has 17 heavy (non-hydrogen) atoms. The summed E-state index contributed by atoms with van der Waals surface area (Å²) >= 11 is 1.13. The highest BCUT2D eigenvalue weighted by Gasteiger charge is 2.27. The lowest BCUT2D eigenvalue weighted by Gasteiger charge is -2.13. The SMILES string of the molecule is Cc1nnsc1C(=O)N1Cc2cncnc2C1. The van der Waals surface area contributed by atoms with E-state index in [4.69, 9.17) is 0 Å². The van der Waals surface area contributed by atoms with Gasteiger partial charge in [-0.3, -0.25) is 4.79 Å². The van der Waals surface area contributed by atoms with Gasteiger partial charge < -0.3 is 4.90 Å². The Balaban J connectivity index is 1.86. The predicted molar refractivity (Wildman–Crippen MR) is 60.3 cm³/mol. The summed E-state index contributed by atoms with van der Waals surface area (Å²) in [6, 6.07) is 0. The molecule has 1 amide bonds. The van der Waals surface area contributed by atoms with Gasteiger partial charge in [0, 0.05) is 18.3 Å². The average Bonchev–Trinajstić information content (AvgIpc) is 2.93. The Morgan fingerprint density at radius 3 is 3.06 bits per heavy atom. The van der Waals surface area contributed by atoms with Gasteiger partial charge in [0.1, 0.15) is 11.2 Å². The van der Waals surface area contributed by atoms with Crippen LogP contribution in [-0.4, -0.2) is 30.4 Å². The lowest BCUT2D eigenvalue weighted by molar-refractivity contribution is 0.0754. The molecule has 0 spiro atoms. The third-order valence-electron chi connectivity index (χ3n) is 2.72. The summed E-state index contributed by atoms with van der Waals surface area (Å²) in [6.07, 6.45) is 3.26. The molecular formula is C10H9N5OS. The van der Waals surface area contributed by atoms with Gasteiger partial charge >= 0.3 is 0 Å². The molecule has 0 unspecified atom stereocenters. The maximum Gasteiger partial charge on any atom is 0.268 e. The Morgan fingerprint density at radius 2 is 2.35 bits per heavy atom. The first-order chi connectivity index (χ1) is 8.25. The molecule has 1 aliphatic heterocycles. The molecule has 0 atom stereocenters. The summed E-state index contributed by atoms with van der Waals surface area (Å²) in [5.74, 6) is -0.0319. The zero-order chi connectivity index (χ0) is 11.8. The van der Waals surface area contributed by atoms with Crippen LogP contribution in [0.5, 0.6) is 0 Å². The van der Waals surface area contributed by atoms with Gasteiger partial charge in [0.2, 0.25) is 0 Å². The van der Waals surface area contributed by atoms with Crippen molar-refractivity contribution in [3.05, 3.63) is 34.4 Å². The van der Waals surface area contributed by atoms with Crippen molar-refractivity contribution < 1.29 is 4.79 Å². The molecule has 2 aromatic heterocycles. The number of rotatable bonds is 1. The first-order valence-corrected chi connectivity index (χ1v) is 5.89. The maximum absolute atomic E-state index is 12.2. The van der Waals surface area contributed by atoms with E-state index in [1.807, 2.05) is 0 Å². The van der Waals surface area contributed by atoms with Gasteiger partial charge in [0.15, 0.2) is 0 Å². The second-order valence-corrected chi connectivity index (χ2v) is 4.60. The van der Waals surface area contributed by atoms with Gasteiger partial charge in [-0.25, -0.2) is 9.97 Å². The van der Waals surface area contributed by atoms with Gasteiger partial charge in [-0.05, 0) is 18.5 Å². The fourth-order valence-corrected chi connectivity index (χ4v) is 2.44. The van der Waals surface area contributed by atoms with Crippen LogP contribution in [0.4, 0.5) is 0 Å².